The molecule has 5 nitrogen and oxygen atoms in total. The van der Waals surface area contributed by atoms with Crippen LogP contribution in [0, 0.1) is 0 Å². The van der Waals surface area contributed by atoms with Crippen molar-refractivity contribution >= 4 is 15.9 Å². The molecule has 0 atom stereocenters. The summed E-state index contributed by atoms with van der Waals surface area (Å²) in [5.41, 5.74) is 0.817. The predicted molar refractivity (Wildman–Crippen MR) is 60.1 cm³/mol. The SMILES string of the molecule is FC(F)n1ccnc1Cn1cc(CCBr)nn1. The third-order valence-corrected chi connectivity index (χ3v) is 2.60. The molecule has 2 aromatic heterocycles. The normalized spacial score (nSPS) is 11.3. The van der Waals surface area contributed by atoms with Crippen LogP contribution in [-0.4, -0.2) is 29.9 Å². The maximum atomic E-state index is 12.6. The second kappa shape index (κ2) is 5.35. The number of imidazole rings is 1. The topological polar surface area (TPSA) is 48.5 Å². The molecule has 2 heterocycles. The minimum Gasteiger partial charge on any atom is -0.276 e. The van der Waals surface area contributed by atoms with Gasteiger partial charge in [0.1, 0.15) is 12.4 Å². The quantitative estimate of drug-likeness (QED) is 0.792. The molecule has 0 aliphatic carbocycles. The van der Waals surface area contributed by atoms with Crippen LogP contribution in [0.5, 0.6) is 0 Å². The Morgan fingerprint density at radius 2 is 2.24 bits per heavy atom. The van der Waals surface area contributed by atoms with Gasteiger partial charge in [-0.1, -0.05) is 21.1 Å². The van der Waals surface area contributed by atoms with Gasteiger partial charge in [-0.05, 0) is 0 Å². The molecule has 2 rings (SSSR count). The van der Waals surface area contributed by atoms with Gasteiger partial charge in [-0.2, -0.15) is 8.78 Å². The summed E-state index contributed by atoms with van der Waals surface area (Å²) in [5.74, 6) is 0.260. The Bertz CT molecular complexity index is 481. The third kappa shape index (κ3) is 2.87. The summed E-state index contributed by atoms with van der Waals surface area (Å²) in [6.45, 7) is -2.40. The minimum absolute atomic E-state index is 0.187. The van der Waals surface area contributed by atoms with Gasteiger partial charge in [-0.25, -0.2) is 9.67 Å². The van der Waals surface area contributed by atoms with Gasteiger partial charge in [0.2, 0.25) is 0 Å². The highest BCUT2D eigenvalue weighted by Crippen LogP contribution is 2.13. The average molecular weight is 306 g/mol. The number of nitrogens with zero attached hydrogens (tertiary/aromatic N) is 5. The molecule has 0 saturated heterocycles. The third-order valence-electron chi connectivity index (χ3n) is 2.20. The molecular formula is C9H10BrF2N5. The molecule has 0 aromatic carbocycles. The molecule has 0 N–H and O–H groups in total. The monoisotopic (exact) mass is 305 g/mol. The Labute approximate surface area is 105 Å². The Hall–Kier alpha value is -1.31. The van der Waals surface area contributed by atoms with Gasteiger partial charge in [0.15, 0.2) is 0 Å². The smallest absolute Gasteiger partial charge is 0.276 e. The molecule has 0 saturated carbocycles. The second-order valence-corrected chi connectivity index (χ2v) is 4.17. The fourth-order valence-corrected chi connectivity index (χ4v) is 1.82. The van der Waals surface area contributed by atoms with Crippen LogP contribution in [-0.2, 0) is 13.0 Å². The summed E-state index contributed by atoms with van der Waals surface area (Å²) >= 11 is 3.29. The lowest BCUT2D eigenvalue weighted by Crippen LogP contribution is -2.09. The number of rotatable bonds is 5. The first-order chi connectivity index (χ1) is 8.20. The van der Waals surface area contributed by atoms with E-state index < -0.39 is 6.55 Å². The molecule has 8 heteroatoms. The Balaban J connectivity index is 2.11. The van der Waals surface area contributed by atoms with E-state index in [0.717, 1.165) is 22.0 Å². The number of aryl methyl sites for hydroxylation is 1. The predicted octanol–water partition coefficient (Wildman–Crippen LogP) is 1.86. The van der Waals surface area contributed by atoms with Crippen LogP contribution in [0.4, 0.5) is 8.78 Å². The lowest BCUT2D eigenvalue weighted by molar-refractivity contribution is 0.0665. The molecule has 0 spiro atoms. The molecule has 17 heavy (non-hydrogen) atoms. The molecule has 2 aromatic rings. The first kappa shape index (κ1) is 12.2. The van der Waals surface area contributed by atoms with E-state index in [1.54, 1.807) is 6.20 Å². The van der Waals surface area contributed by atoms with Gasteiger partial charge in [0.05, 0.1) is 5.69 Å². The number of hydrogen-bond donors (Lipinski definition) is 0. The summed E-state index contributed by atoms with van der Waals surface area (Å²) in [5, 5.41) is 8.57. The lowest BCUT2D eigenvalue weighted by Gasteiger charge is -2.05. The van der Waals surface area contributed by atoms with Crippen LogP contribution in [0.1, 0.15) is 18.1 Å². The number of alkyl halides is 3. The van der Waals surface area contributed by atoms with Crippen molar-refractivity contribution < 1.29 is 8.78 Å². The molecule has 92 valence electrons. The molecule has 0 unspecified atom stereocenters. The van der Waals surface area contributed by atoms with Crippen molar-refractivity contribution in [2.24, 2.45) is 0 Å². The van der Waals surface area contributed by atoms with Crippen molar-refractivity contribution in [2.75, 3.05) is 5.33 Å². The largest absolute Gasteiger partial charge is 0.319 e. The molecule has 0 fully saturated rings. The average Bonchev–Trinajstić information content (AvgIpc) is 2.89. The van der Waals surface area contributed by atoms with Crippen molar-refractivity contribution in [3.8, 4) is 0 Å². The van der Waals surface area contributed by atoms with E-state index in [1.165, 1.54) is 17.1 Å². The van der Waals surface area contributed by atoms with E-state index in [9.17, 15) is 8.78 Å². The molecular weight excluding hydrogens is 296 g/mol. The maximum absolute atomic E-state index is 12.6. The maximum Gasteiger partial charge on any atom is 0.319 e. The van der Waals surface area contributed by atoms with Crippen LogP contribution in [0.25, 0.3) is 0 Å². The van der Waals surface area contributed by atoms with Gasteiger partial charge in [0, 0.05) is 30.3 Å². The zero-order chi connectivity index (χ0) is 12.3. The van der Waals surface area contributed by atoms with Crippen LogP contribution in [0.15, 0.2) is 18.6 Å². The van der Waals surface area contributed by atoms with E-state index in [0.29, 0.717) is 0 Å². The molecule has 0 aliphatic heterocycles. The highest BCUT2D eigenvalue weighted by atomic mass is 79.9. The van der Waals surface area contributed by atoms with E-state index in [1.807, 2.05) is 0 Å². The lowest BCUT2D eigenvalue weighted by atomic mass is 10.4. The summed E-state index contributed by atoms with van der Waals surface area (Å²) in [6, 6.07) is 0. The molecule has 0 radical (unpaired) electrons. The fourth-order valence-electron chi connectivity index (χ4n) is 1.42. The van der Waals surface area contributed by atoms with Crippen LogP contribution >= 0.6 is 15.9 Å². The Morgan fingerprint density at radius 1 is 1.41 bits per heavy atom. The van der Waals surface area contributed by atoms with Gasteiger partial charge in [-0.15, -0.1) is 5.10 Å². The molecule has 0 bridgehead atoms. The fraction of sp³-hybridized carbons (Fsp3) is 0.444. The van der Waals surface area contributed by atoms with Gasteiger partial charge >= 0.3 is 6.55 Å². The van der Waals surface area contributed by atoms with E-state index in [2.05, 4.69) is 31.2 Å². The van der Waals surface area contributed by atoms with Crippen molar-refractivity contribution in [1.29, 1.82) is 0 Å². The van der Waals surface area contributed by atoms with Crippen LogP contribution in [0.3, 0.4) is 0 Å². The van der Waals surface area contributed by atoms with E-state index in [-0.39, 0.29) is 12.4 Å². The Morgan fingerprint density at radius 3 is 2.94 bits per heavy atom. The first-order valence-electron chi connectivity index (χ1n) is 4.95. The van der Waals surface area contributed by atoms with E-state index >= 15 is 0 Å². The second-order valence-electron chi connectivity index (χ2n) is 3.37. The number of halogens is 3. The van der Waals surface area contributed by atoms with Crippen LogP contribution < -0.4 is 0 Å². The highest BCUT2D eigenvalue weighted by molar-refractivity contribution is 9.09. The first-order valence-corrected chi connectivity index (χ1v) is 6.07. The van der Waals surface area contributed by atoms with Crippen molar-refractivity contribution in [3.63, 3.8) is 0 Å². The van der Waals surface area contributed by atoms with Crippen molar-refractivity contribution in [1.82, 2.24) is 24.5 Å². The zero-order valence-electron chi connectivity index (χ0n) is 8.80. The van der Waals surface area contributed by atoms with Crippen molar-refractivity contribution in [3.05, 3.63) is 30.1 Å². The highest BCUT2D eigenvalue weighted by Gasteiger charge is 2.12. The molecule has 0 amide bonds. The van der Waals surface area contributed by atoms with Gasteiger partial charge in [0.25, 0.3) is 0 Å². The standard InChI is InChI=1S/C9H10BrF2N5/c10-2-1-7-5-16(15-14-7)6-8-13-3-4-17(8)9(11)12/h3-5,9H,1-2,6H2. The summed E-state index contributed by atoms with van der Waals surface area (Å²) in [7, 11) is 0. The summed E-state index contributed by atoms with van der Waals surface area (Å²) in [6.07, 6.45) is 5.07. The van der Waals surface area contributed by atoms with Gasteiger partial charge in [-0.3, -0.25) is 4.57 Å². The molecule has 0 aliphatic rings. The van der Waals surface area contributed by atoms with Crippen LogP contribution in [0.2, 0.25) is 0 Å². The number of aromatic nitrogens is 5. The zero-order valence-corrected chi connectivity index (χ0v) is 10.4. The summed E-state index contributed by atoms with van der Waals surface area (Å²) < 4.78 is 27.4. The van der Waals surface area contributed by atoms with Gasteiger partial charge < -0.3 is 0 Å². The number of hydrogen-bond acceptors (Lipinski definition) is 3. The Kier molecular flexibility index (Phi) is 3.82. The minimum atomic E-state index is -2.59. The summed E-state index contributed by atoms with van der Waals surface area (Å²) in [4.78, 5) is 3.87. The van der Waals surface area contributed by atoms with E-state index in [4.69, 9.17) is 0 Å². The van der Waals surface area contributed by atoms with Crippen molar-refractivity contribution in [2.45, 2.75) is 19.5 Å².